The summed E-state index contributed by atoms with van der Waals surface area (Å²) in [5.74, 6) is -1.82. The van der Waals surface area contributed by atoms with Gasteiger partial charge in [0, 0.05) is 42.9 Å². The Kier molecular flexibility index (Phi) is 6.43. The van der Waals surface area contributed by atoms with Crippen molar-refractivity contribution in [1.82, 2.24) is 19.8 Å². The number of nitrogens with two attached hydrogens (primary N) is 1. The molecule has 0 bridgehead atoms. The fourth-order valence-electron chi connectivity index (χ4n) is 4.90. The molecule has 1 atom stereocenters. The van der Waals surface area contributed by atoms with Gasteiger partial charge in [0.25, 0.3) is 5.91 Å². The molecule has 4 aromatic rings. The van der Waals surface area contributed by atoms with Crippen molar-refractivity contribution in [2.45, 2.75) is 18.9 Å². The Labute approximate surface area is 223 Å². The molecule has 1 fully saturated rings. The first-order chi connectivity index (χ1) is 18.5. The number of amides is 2. The normalized spacial score (nSPS) is 15.1. The van der Waals surface area contributed by atoms with Gasteiger partial charge >= 0.3 is 0 Å². The van der Waals surface area contributed by atoms with Gasteiger partial charge in [-0.25, -0.2) is 9.37 Å². The number of benzene rings is 3. The van der Waals surface area contributed by atoms with E-state index in [4.69, 9.17) is 11.1 Å². The van der Waals surface area contributed by atoms with Gasteiger partial charge in [-0.15, -0.1) is 0 Å². The number of carbonyl (C=O) groups is 2. The number of hydrogen-bond acceptors (Lipinski definition) is 6. The van der Waals surface area contributed by atoms with Gasteiger partial charge in [-0.05, 0) is 61.4 Å². The molecule has 6 N–H and O–H groups in total. The lowest BCUT2D eigenvalue weighted by atomic mass is 9.96. The van der Waals surface area contributed by atoms with Crippen LogP contribution in [-0.2, 0) is 4.79 Å². The summed E-state index contributed by atoms with van der Waals surface area (Å²) < 4.78 is 14.2. The maximum absolute atomic E-state index is 14.2. The van der Waals surface area contributed by atoms with Crippen LogP contribution in [0.4, 0.5) is 4.39 Å². The number of likely N-dealkylation sites (tertiary alicyclic amines) is 1. The number of amidine groups is 1. The zero-order chi connectivity index (χ0) is 28.0. The van der Waals surface area contributed by atoms with E-state index in [1.54, 1.807) is 32.3 Å². The van der Waals surface area contributed by atoms with Gasteiger partial charge in [-0.1, -0.05) is 0 Å². The molecule has 0 saturated carbocycles. The highest BCUT2D eigenvalue weighted by molar-refractivity contribution is 6.02. The summed E-state index contributed by atoms with van der Waals surface area (Å²) in [6, 6.07) is 10.5. The number of hydrogen-bond donors (Lipinski definition) is 5. The smallest absolute Gasteiger partial charge is 0.254 e. The molecule has 11 heteroatoms. The third kappa shape index (κ3) is 4.63. The quantitative estimate of drug-likeness (QED) is 0.196. The largest absolute Gasteiger partial charge is 0.507 e. The van der Waals surface area contributed by atoms with Crippen molar-refractivity contribution in [1.29, 1.82) is 5.41 Å². The molecule has 0 radical (unpaired) electrons. The molecule has 0 spiro atoms. The summed E-state index contributed by atoms with van der Waals surface area (Å²) in [7, 11) is 3.26. The molecule has 1 unspecified atom stereocenters. The molecule has 3 aromatic carbocycles. The molecule has 5 rings (SSSR count). The first-order valence-electron chi connectivity index (χ1n) is 12.3. The van der Waals surface area contributed by atoms with E-state index in [0.717, 1.165) is 18.2 Å². The monoisotopic (exact) mass is 530 g/mol. The van der Waals surface area contributed by atoms with E-state index in [1.165, 1.54) is 21.9 Å². The lowest BCUT2D eigenvalue weighted by Crippen LogP contribution is -2.45. The van der Waals surface area contributed by atoms with Crippen molar-refractivity contribution in [2.75, 3.05) is 20.6 Å². The number of rotatable bonds is 5. The van der Waals surface area contributed by atoms with Crippen molar-refractivity contribution < 1.29 is 24.2 Å². The van der Waals surface area contributed by atoms with Crippen molar-refractivity contribution >= 4 is 28.7 Å². The van der Waals surface area contributed by atoms with Crippen LogP contribution in [0.25, 0.3) is 33.5 Å². The number of nitrogen functional groups attached to an aromatic ring is 1. The van der Waals surface area contributed by atoms with Gasteiger partial charge in [-0.3, -0.25) is 15.0 Å². The average Bonchev–Trinajstić information content (AvgIpc) is 3.56. The summed E-state index contributed by atoms with van der Waals surface area (Å²) in [6.45, 7) is 0.373. The van der Waals surface area contributed by atoms with Crippen LogP contribution >= 0.6 is 0 Å². The Morgan fingerprint density at radius 2 is 1.82 bits per heavy atom. The van der Waals surface area contributed by atoms with E-state index in [0.29, 0.717) is 36.0 Å². The second kappa shape index (κ2) is 9.75. The number of aromatic amines is 1. The van der Waals surface area contributed by atoms with E-state index in [-0.39, 0.29) is 51.3 Å². The first-order valence-corrected chi connectivity index (χ1v) is 12.3. The number of carbonyl (C=O) groups excluding carboxylic acids is 2. The standard InChI is InChI=1S/C28H27FN6O4/c1-34(2)28(39)22-4-3-9-35(22)27(38)15-10-18(17-13-16(29)6-8-23(17)36)24(37)19(11-15)26-32-20-7-5-14(25(30)31)12-21(20)33-26/h5-8,10-13,22,36-37H,3-4,9H2,1-2H3,(H3,30,31)(H,32,33). The Morgan fingerprint density at radius 3 is 2.54 bits per heavy atom. The van der Waals surface area contributed by atoms with Crippen LogP contribution in [0.15, 0.2) is 48.5 Å². The van der Waals surface area contributed by atoms with E-state index in [2.05, 4.69) is 9.97 Å². The van der Waals surface area contributed by atoms with Crippen LogP contribution in [0.3, 0.4) is 0 Å². The molecule has 1 aliphatic heterocycles. The maximum atomic E-state index is 14.2. The minimum absolute atomic E-state index is 0.0132. The fraction of sp³-hybridized carbons (Fsp3) is 0.214. The summed E-state index contributed by atoms with van der Waals surface area (Å²) in [5, 5.41) is 29.5. The Hall–Kier alpha value is -4.93. The number of H-pyrrole nitrogens is 1. The fourth-order valence-corrected chi connectivity index (χ4v) is 4.90. The molecule has 1 saturated heterocycles. The minimum atomic E-state index is -0.642. The van der Waals surface area contributed by atoms with Crippen molar-refractivity contribution in [3.63, 3.8) is 0 Å². The van der Waals surface area contributed by atoms with Crippen LogP contribution in [0.5, 0.6) is 11.5 Å². The Balaban J connectivity index is 1.69. The number of phenols is 2. The number of nitrogens with one attached hydrogen (secondary N) is 2. The number of aromatic nitrogens is 2. The number of imidazole rings is 1. The third-order valence-electron chi connectivity index (χ3n) is 6.89. The molecule has 1 aliphatic rings. The van der Waals surface area contributed by atoms with Gasteiger partial charge in [0.1, 0.15) is 35.0 Å². The Bertz CT molecular complexity index is 1650. The highest BCUT2D eigenvalue weighted by atomic mass is 19.1. The predicted octanol–water partition coefficient (Wildman–Crippen LogP) is 3.42. The van der Waals surface area contributed by atoms with Crippen LogP contribution in [0, 0.1) is 11.2 Å². The molecule has 2 amide bonds. The van der Waals surface area contributed by atoms with Crippen molar-refractivity contribution in [2.24, 2.45) is 5.73 Å². The topological polar surface area (TPSA) is 160 Å². The van der Waals surface area contributed by atoms with Gasteiger partial charge in [0.05, 0.1) is 16.6 Å². The Morgan fingerprint density at radius 1 is 1.08 bits per heavy atom. The number of halogens is 1. The number of nitrogens with zero attached hydrogens (tertiary/aromatic N) is 3. The number of fused-ring (bicyclic) bond motifs is 1. The summed E-state index contributed by atoms with van der Waals surface area (Å²) in [4.78, 5) is 37.1. The molecular formula is C28H27FN6O4. The van der Waals surface area contributed by atoms with E-state index < -0.39 is 17.8 Å². The number of aromatic hydroxyl groups is 2. The van der Waals surface area contributed by atoms with Gasteiger partial charge < -0.3 is 30.7 Å². The van der Waals surface area contributed by atoms with Crippen molar-refractivity contribution in [3.05, 3.63) is 65.5 Å². The second-order valence-electron chi connectivity index (χ2n) is 9.70. The predicted molar refractivity (Wildman–Crippen MR) is 144 cm³/mol. The molecule has 10 nitrogen and oxygen atoms in total. The van der Waals surface area contributed by atoms with Crippen LogP contribution in [-0.4, -0.2) is 74.3 Å². The molecule has 2 heterocycles. The van der Waals surface area contributed by atoms with E-state index in [9.17, 15) is 24.2 Å². The highest BCUT2D eigenvalue weighted by Crippen LogP contribution is 2.42. The molecular weight excluding hydrogens is 503 g/mol. The van der Waals surface area contributed by atoms with E-state index >= 15 is 0 Å². The maximum Gasteiger partial charge on any atom is 0.254 e. The van der Waals surface area contributed by atoms with Gasteiger partial charge in [-0.2, -0.15) is 0 Å². The zero-order valence-corrected chi connectivity index (χ0v) is 21.3. The third-order valence-corrected chi connectivity index (χ3v) is 6.89. The SMILES string of the molecule is CN(C)C(=O)C1CCCN1C(=O)c1cc(-c2nc3ccc(C(=N)N)cc3[nH]2)c(O)c(-c2cc(F)ccc2O)c1. The molecule has 1 aromatic heterocycles. The molecule has 0 aliphatic carbocycles. The number of phenolic OH excluding ortho intramolecular Hbond substituents is 2. The lowest BCUT2D eigenvalue weighted by molar-refractivity contribution is -0.132. The van der Waals surface area contributed by atoms with Gasteiger partial charge in [0.2, 0.25) is 5.91 Å². The number of likely N-dealkylation sites (N-methyl/N-ethyl adjacent to an activating group) is 1. The molecule has 200 valence electrons. The highest BCUT2D eigenvalue weighted by Gasteiger charge is 2.36. The zero-order valence-electron chi connectivity index (χ0n) is 21.3. The van der Waals surface area contributed by atoms with E-state index in [1.807, 2.05) is 0 Å². The average molecular weight is 531 g/mol. The summed E-state index contributed by atoms with van der Waals surface area (Å²) >= 11 is 0. The van der Waals surface area contributed by atoms with Crippen LogP contribution in [0.1, 0.15) is 28.8 Å². The first kappa shape index (κ1) is 25.7. The second-order valence-corrected chi connectivity index (χ2v) is 9.70. The molecule has 39 heavy (non-hydrogen) atoms. The van der Waals surface area contributed by atoms with Gasteiger partial charge in [0.15, 0.2) is 0 Å². The van der Waals surface area contributed by atoms with Crippen LogP contribution in [0.2, 0.25) is 0 Å². The summed E-state index contributed by atoms with van der Waals surface area (Å²) in [6.07, 6.45) is 1.17. The summed E-state index contributed by atoms with van der Waals surface area (Å²) in [5.41, 5.74) is 7.42. The van der Waals surface area contributed by atoms with Crippen LogP contribution < -0.4 is 5.73 Å². The van der Waals surface area contributed by atoms with Crippen molar-refractivity contribution in [3.8, 4) is 34.0 Å². The lowest BCUT2D eigenvalue weighted by Gasteiger charge is -2.26. The minimum Gasteiger partial charge on any atom is -0.507 e.